The van der Waals surface area contributed by atoms with Gasteiger partial charge in [0.2, 0.25) is 0 Å². The highest BCUT2D eigenvalue weighted by Crippen LogP contribution is 2.53. The van der Waals surface area contributed by atoms with Gasteiger partial charge in [-0.25, -0.2) is 9.97 Å². The third-order valence-electron chi connectivity index (χ3n) is 5.59. The molecule has 26 heavy (non-hydrogen) atoms. The summed E-state index contributed by atoms with van der Waals surface area (Å²) in [7, 11) is 0. The van der Waals surface area contributed by atoms with Crippen molar-refractivity contribution in [2.45, 2.75) is 51.0 Å². The molecule has 5 heteroatoms. The average molecular weight is 346 g/mol. The minimum Gasteiger partial charge on any atom is -0.345 e. The zero-order chi connectivity index (χ0) is 18.0. The van der Waals surface area contributed by atoms with Gasteiger partial charge in [-0.15, -0.1) is 0 Å². The van der Waals surface area contributed by atoms with E-state index in [1.807, 2.05) is 25.1 Å². The van der Waals surface area contributed by atoms with Crippen LogP contribution < -0.4 is 5.32 Å². The van der Waals surface area contributed by atoms with Crippen molar-refractivity contribution in [3.8, 4) is 11.8 Å². The van der Waals surface area contributed by atoms with Gasteiger partial charge >= 0.3 is 0 Å². The fourth-order valence-corrected chi connectivity index (χ4v) is 4.36. The van der Waals surface area contributed by atoms with Crippen LogP contribution in [0.15, 0.2) is 36.8 Å². The van der Waals surface area contributed by atoms with E-state index in [4.69, 9.17) is 0 Å². The van der Waals surface area contributed by atoms with Gasteiger partial charge in [0, 0.05) is 29.0 Å². The zero-order valence-corrected chi connectivity index (χ0v) is 15.0. The summed E-state index contributed by atoms with van der Waals surface area (Å²) in [6.45, 7) is 1.98. The first-order chi connectivity index (χ1) is 12.6. The summed E-state index contributed by atoms with van der Waals surface area (Å²) in [6.07, 6.45) is 10.7. The molecule has 2 bridgehead atoms. The van der Waals surface area contributed by atoms with E-state index in [9.17, 15) is 4.79 Å². The molecule has 5 nitrogen and oxygen atoms in total. The molecule has 2 saturated carbocycles. The smallest absolute Gasteiger partial charge is 0.271 e. The van der Waals surface area contributed by atoms with Crippen molar-refractivity contribution in [3.05, 3.63) is 53.9 Å². The van der Waals surface area contributed by atoms with E-state index < -0.39 is 0 Å². The molecule has 2 aliphatic carbocycles. The molecule has 132 valence electrons. The maximum absolute atomic E-state index is 12.6. The molecule has 2 heterocycles. The standard InChI is InChI=1S/C21H22N4O/c1-16-4-2-5-17(24-16)6-9-20-7-3-8-21(15-20,11-10-20)25-19(26)18-14-22-12-13-23-18/h2,4-5,12-14H,3,7-8,10-11,15H2,1H3,(H,25,26)/t20-,21+/m1/s1. The number of aromatic nitrogens is 3. The topological polar surface area (TPSA) is 67.8 Å². The Hall–Kier alpha value is -2.74. The Balaban J connectivity index is 1.52. The molecule has 0 aromatic carbocycles. The van der Waals surface area contributed by atoms with Gasteiger partial charge in [0.05, 0.1) is 6.20 Å². The first kappa shape index (κ1) is 16.7. The highest BCUT2D eigenvalue weighted by molar-refractivity contribution is 5.92. The lowest BCUT2D eigenvalue weighted by atomic mass is 9.73. The van der Waals surface area contributed by atoms with E-state index in [1.165, 1.54) is 6.20 Å². The normalized spacial score (nSPS) is 26.7. The number of carbonyl (C=O) groups excluding carboxylic acids is 1. The molecular weight excluding hydrogens is 324 g/mol. The zero-order valence-electron chi connectivity index (χ0n) is 15.0. The lowest BCUT2D eigenvalue weighted by Gasteiger charge is -2.37. The van der Waals surface area contributed by atoms with Gasteiger partial charge in [-0.05, 0) is 63.5 Å². The van der Waals surface area contributed by atoms with Gasteiger partial charge in [0.1, 0.15) is 11.4 Å². The predicted molar refractivity (Wildman–Crippen MR) is 98.2 cm³/mol. The largest absolute Gasteiger partial charge is 0.345 e. The van der Waals surface area contributed by atoms with Gasteiger partial charge in [0.25, 0.3) is 5.91 Å². The Kier molecular flexibility index (Phi) is 4.20. The molecule has 0 saturated heterocycles. The number of nitrogens with one attached hydrogen (secondary N) is 1. The third kappa shape index (κ3) is 3.32. The first-order valence-corrected chi connectivity index (χ1v) is 9.14. The van der Waals surface area contributed by atoms with Crippen LogP contribution in [0.5, 0.6) is 0 Å². The van der Waals surface area contributed by atoms with Crippen molar-refractivity contribution < 1.29 is 4.79 Å². The molecule has 2 aromatic rings. The molecule has 4 rings (SSSR count). The highest BCUT2D eigenvalue weighted by Gasteiger charge is 2.51. The van der Waals surface area contributed by atoms with E-state index in [0.29, 0.717) is 5.69 Å². The Morgan fingerprint density at radius 1 is 1.19 bits per heavy atom. The second kappa shape index (κ2) is 6.53. The maximum atomic E-state index is 12.6. The van der Waals surface area contributed by atoms with Crippen LogP contribution in [0.3, 0.4) is 0 Å². The number of carbonyl (C=O) groups is 1. The number of hydrogen-bond acceptors (Lipinski definition) is 4. The van der Waals surface area contributed by atoms with Crippen molar-refractivity contribution in [2.75, 3.05) is 0 Å². The van der Waals surface area contributed by atoms with Crippen LogP contribution in [0, 0.1) is 24.2 Å². The van der Waals surface area contributed by atoms with Gasteiger partial charge < -0.3 is 5.32 Å². The lowest BCUT2D eigenvalue weighted by molar-refractivity contribution is 0.0866. The van der Waals surface area contributed by atoms with Gasteiger partial charge in [0.15, 0.2) is 0 Å². The minimum absolute atomic E-state index is 0.0146. The summed E-state index contributed by atoms with van der Waals surface area (Å²) < 4.78 is 0. The number of fused-ring (bicyclic) bond motifs is 2. The van der Waals surface area contributed by atoms with Crippen LogP contribution in [-0.2, 0) is 0 Å². The van der Waals surface area contributed by atoms with E-state index >= 15 is 0 Å². The van der Waals surface area contributed by atoms with E-state index in [-0.39, 0.29) is 16.9 Å². The van der Waals surface area contributed by atoms with Crippen LogP contribution >= 0.6 is 0 Å². The van der Waals surface area contributed by atoms with E-state index in [0.717, 1.165) is 49.9 Å². The quantitative estimate of drug-likeness (QED) is 0.849. The van der Waals surface area contributed by atoms with Crippen molar-refractivity contribution in [2.24, 2.45) is 5.41 Å². The summed E-state index contributed by atoms with van der Waals surface area (Å²) in [5, 5.41) is 3.25. The first-order valence-electron chi connectivity index (χ1n) is 9.14. The molecule has 1 amide bonds. The number of aryl methyl sites for hydroxylation is 1. The second-order valence-corrected chi connectivity index (χ2v) is 7.55. The summed E-state index contributed by atoms with van der Waals surface area (Å²) in [5.74, 6) is 6.66. The Bertz CT molecular complexity index is 886. The Morgan fingerprint density at radius 2 is 2.12 bits per heavy atom. The summed E-state index contributed by atoms with van der Waals surface area (Å²) >= 11 is 0. The fraction of sp³-hybridized carbons (Fsp3) is 0.429. The monoisotopic (exact) mass is 346 g/mol. The number of pyridine rings is 1. The number of rotatable bonds is 2. The van der Waals surface area contributed by atoms with E-state index in [1.54, 1.807) is 12.4 Å². The molecule has 0 spiro atoms. The summed E-state index contributed by atoms with van der Waals surface area (Å²) in [5.41, 5.74) is 2.00. The molecule has 2 fully saturated rings. The fourth-order valence-electron chi connectivity index (χ4n) is 4.36. The summed E-state index contributed by atoms with van der Waals surface area (Å²) in [6, 6.07) is 5.93. The second-order valence-electron chi connectivity index (χ2n) is 7.55. The Labute approximate surface area is 153 Å². The highest BCUT2D eigenvalue weighted by atomic mass is 16.2. The van der Waals surface area contributed by atoms with Crippen molar-refractivity contribution >= 4 is 5.91 Å². The van der Waals surface area contributed by atoms with Crippen LogP contribution in [-0.4, -0.2) is 26.4 Å². The molecule has 2 atom stereocenters. The molecule has 1 N–H and O–H groups in total. The minimum atomic E-state index is -0.165. The molecule has 0 aliphatic heterocycles. The van der Waals surface area contributed by atoms with Gasteiger partial charge in [-0.3, -0.25) is 9.78 Å². The molecule has 0 unspecified atom stereocenters. The number of amides is 1. The lowest BCUT2D eigenvalue weighted by Crippen LogP contribution is -2.49. The average Bonchev–Trinajstić information content (AvgIpc) is 2.91. The van der Waals surface area contributed by atoms with Crippen LogP contribution in [0.2, 0.25) is 0 Å². The SMILES string of the molecule is Cc1cccc(C#C[C@]23CCC[C@](NC(=O)c4cnccn4)(CC2)C3)n1. The number of nitrogens with zero attached hydrogens (tertiary/aromatic N) is 3. The van der Waals surface area contributed by atoms with Crippen LogP contribution in [0.25, 0.3) is 0 Å². The van der Waals surface area contributed by atoms with Crippen molar-refractivity contribution in [1.82, 2.24) is 20.3 Å². The molecular formula is C21H22N4O. The van der Waals surface area contributed by atoms with Gasteiger partial charge in [-0.1, -0.05) is 12.0 Å². The summed E-state index contributed by atoms with van der Waals surface area (Å²) in [4.78, 5) is 25.1. The Morgan fingerprint density at radius 3 is 2.92 bits per heavy atom. The van der Waals surface area contributed by atoms with Gasteiger partial charge in [-0.2, -0.15) is 0 Å². The molecule has 2 aliphatic rings. The van der Waals surface area contributed by atoms with Crippen LogP contribution in [0.4, 0.5) is 0 Å². The van der Waals surface area contributed by atoms with Crippen molar-refractivity contribution in [1.29, 1.82) is 0 Å². The molecule has 0 radical (unpaired) electrons. The van der Waals surface area contributed by atoms with E-state index in [2.05, 4.69) is 32.1 Å². The van der Waals surface area contributed by atoms with Crippen molar-refractivity contribution in [3.63, 3.8) is 0 Å². The molecule has 2 aromatic heterocycles. The maximum Gasteiger partial charge on any atom is 0.271 e. The number of hydrogen-bond donors (Lipinski definition) is 1. The third-order valence-corrected chi connectivity index (χ3v) is 5.59. The van der Waals surface area contributed by atoms with Crippen LogP contribution in [0.1, 0.15) is 60.4 Å². The predicted octanol–water partition coefficient (Wildman–Crippen LogP) is 3.05.